The zero-order valence-corrected chi connectivity index (χ0v) is 16.8. The Morgan fingerprint density at radius 2 is 1.79 bits per heavy atom. The van der Waals surface area contributed by atoms with Crippen molar-refractivity contribution in [2.45, 2.75) is 50.5 Å². The predicted molar refractivity (Wildman–Crippen MR) is 115 cm³/mol. The molecule has 0 aliphatic carbocycles. The van der Waals surface area contributed by atoms with E-state index in [-0.39, 0.29) is 12.2 Å². The van der Waals surface area contributed by atoms with Crippen molar-refractivity contribution in [1.29, 1.82) is 0 Å². The third-order valence-electron chi connectivity index (χ3n) is 6.24. The minimum atomic E-state index is -1.34. The lowest BCUT2D eigenvalue weighted by molar-refractivity contribution is -0.147. The number of benzene rings is 2. The molecule has 1 fully saturated rings. The van der Waals surface area contributed by atoms with Gasteiger partial charge >= 0.3 is 13.1 Å². The number of carboxylic acid groups (broad SMARTS) is 1. The van der Waals surface area contributed by atoms with E-state index in [9.17, 15) is 9.90 Å². The molecule has 156 valence electrons. The summed E-state index contributed by atoms with van der Waals surface area (Å²) in [6.07, 6.45) is 3.28. The lowest BCUT2D eigenvalue weighted by atomic mass is 9.74. The van der Waals surface area contributed by atoms with E-state index in [1.165, 1.54) is 16.3 Å². The van der Waals surface area contributed by atoms with Crippen molar-refractivity contribution in [3.63, 3.8) is 0 Å². The SMILES string of the molecule is NC(CCCCB(O)O)(C(=O)O)C1CCN(Cc2ccc3ccccc3c2)CC1. The molecule has 1 unspecified atom stereocenters. The van der Waals surface area contributed by atoms with Crippen LogP contribution in [0.1, 0.15) is 37.7 Å². The molecule has 6 nitrogen and oxygen atoms in total. The smallest absolute Gasteiger partial charge is 0.451 e. The zero-order valence-electron chi connectivity index (χ0n) is 16.8. The van der Waals surface area contributed by atoms with E-state index in [0.29, 0.717) is 19.3 Å². The minimum absolute atomic E-state index is 0.0631. The van der Waals surface area contributed by atoms with Crippen LogP contribution < -0.4 is 5.73 Å². The first kappa shape index (κ1) is 21.8. The average molecular weight is 398 g/mol. The second-order valence-corrected chi connectivity index (χ2v) is 8.30. The summed E-state index contributed by atoms with van der Waals surface area (Å²) < 4.78 is 0. The van der Waals surface area contributed by atoms with E-state index in [4.69, 9.17) is 15.8 Å². The Bertz CT molecular complexity index is 823. The molecule has 1 atom stereocenters. The number of aliphatic carboxylic acids is 1. The third-order valence-corrected chi connectivity index (χ3v) is 6.24. The van der Waals surface area contributed by atoms with Gasteiger partial charge in [-0.15, -0.1) is 0 Å². The normalized spacial score (nSPS) is 17.9. The Labute approximate surface area is 172 Å². The molecule has 7 heteroatoms. The van der Waals surface area contributed by atoms with Crippen molar-refractivity contribution >= 4 is 23.9 Å². The fourth-order valence-electron chi connectivity index (χ4n) is 4.43. The van der Waals surface area contributed by atoms with E-state index in [0.717, 1.165) is 32.5 Å². The first-order valence-electron chi connectivity index (χ1n) is 10.5. The maximum absolute atomic E-state index is 11.9. The average Bonchev–Trinajstić information content (AvgIpc) is 2.71. The Hall–Kier alpha value is -1.93. The lowest BCUT2D eigenvalue weighted by Crippen LogP contribution is -2.56. The largest absolute Gasteiger partial charge is 0.480 e. The standard InChI is InChI=1S/C22H31BN2O4/c24-22(21(26)27,11-3-4-12-23(28)29)20-9-13-25(14-10-20)16-17-7-8-18-5-1-2-6-19(18)15-17/h1-2,5-8,15,20,28-29H,3-4,9-14,16,24H2,(H,26,27). The minimum Gasteiger partial charge on any atom is -0.480 e. The van der Waals surface area contributed by atoms with Crippen LogP contribution in [0.4, 0.5) is 0 Å². The first-order valence-corrected chi connectivity index (χ1v) is 10.5. The number of hydrogen-bond donors (Lipinski definition) is 4. The molecular weight excluding hydrogens is 367 g/mol. The summed E-state index contributed by atoms with van der Waals surface area (Å²) in [4.78, 5) is 14.3. The molecule has 0 aromatic heterocycles. The highest BCUT2D eigenvalue weighted by molar-refractivity contribution is 6.40. The van der Waals surface area contributed by atoms with Gasteiger partial charge in [0.25, 0.3) is 0 Å². The number of hydrogen-bond acceptors (Lipinski definition) is 5. The molecule has 1 heterocycles. The summed E-state index contributed by atoms with van der Waals surface area (Å²) >= 11 is 0. The van der Waals surface area contributed by atoms with Gasteiger partial charge in [0.1, 0.15) is 5.54 Å². The summed E-state index contributed by atoms with van der Waals surface area (Å²) in [5.74, 6) is -1.01. The first-order chi connectivity index (χ1) is 13.9. The third kappa shape index (κ3) is 5.57. The molecule has 0 radical (unpaired) electrons. The summed E-state index contributed by atoms with van der Waals surface area (Å²) in [7, 11) is -1.34. The molecule has 0 amide bonds. The molecule has 0 bridgehead atoms. The van der Waals surface area contributed by atoms with Crippen LogP contribution in [0.2, 0.25) is 6.32 Å². The van der Waals surface area contributed by atoms with Gasteiger partial charge in [0.15, 0.2) is 0 Å². The maximum Gasteiger partial charge on any atom is 0.451 e. The Balaban J connectivity index is 1.55. The number of piperidine rings is 1. The van der Waals surface area contributed by atoms with Crippen molar-refractivity contribution in [2.75, 3.05) is 13.1 Å². The topological polar surface area (TPSA) is 107 Å². The second-order valence-electron chi connectivity index (χ2n) is 8.30. The highest BCUT2D eigenvalue weighted by Gasteiger charge is 2.42. The fraction of sp³-hybridized carbons (Fsp3) is 0.500. The Morgan fingerprint density at radius 3 is 2.45 bits per heavy atom. The maximum atomic E-state index is 11.9. The lowest BCUT2D eigenvalue weighted by Gasteiger charge is -2.40. The van der Waals surface area contributed by atoms with Crippen LogP contribution in [0.25, 0.3) is 10.8 Å². The number of fused-ring (bicyclic) bond motifs is 1. The van der Waals surface area contributed by atoms with Gasteiger partial charge in [-0.25, -0.2) is 0 Å². The van der Waals surface area contributed by atoms with Crippen molar-refractivity contribution in [2.24, 2.45) is 11.7 Å². The molecule has 0 spiro atoms. The number of likely N-dealkylation sites (tertiary alicyclic amines) is 1. The number of rotatable bonds is 9. The van der Waals surface area contributed by atoms with E-state index in [2.05, 4.69) is 35.2 Å². The monoisotopic (exact) mass is 398 g/mol. The molecule has 2 aromatic rings. The number of carboxylic acids is 1. The Morgan fingerprint density at radius 1 is 1.10 bits per heavy atom. The van der Waals surface area contributed by atoms with E-state index in [1.807, 2.05) is 12.1 Å². The summed E-state index contributed by atoms with van der Waals surface area (Å²) in [5.41, 5.74) is 6.37. The van der Waals surface area contributed by atoms with Gasteiger partial charge in [-0.2, -0.15) is 0 Å². The van der Waals surface area contributed by atoms with Crippen molar-refractivity contribution in [1.82, 2.24) is 4.90 Å². The molecule has 5 N–H and O–H groups in total. The molecule has 1 aliphatic heterocycles. The number of nitrogens with zero attached hydrogens (tertiary/aromatic N) is 1. The molecule has 1 saturated heterocycles. The van der Waals surface area contributed by atoms with E-state index < -0.39 is 18.6 Å². The van der Waals surface area contributed by atoms with Crippen molar-refractivity contribution in [3.05, 3.63) is 48.0 Å². The summed E-state index contributed by atoms with van der Waals surface area (Å²) in [6.45, 7) is 2.52. The van der Waals surface area contributed by atoms with Gasteiger partial charge < -0.3 is 20.9 Å². The zero-order chi connectivity index (χ0) is 20.9. The highest BCUT2D eigenvalue weighted by atomic mass is 16.4. The molecular formula is C22H31BN2O4. The summed E-state index contributed by atoms with van der Waals surface area (Å²) in [6, 6.07) is 14.9. The van der Waals surface area contributed by atoms with Gasteiger partial charge in [-0.1, -0.05) is 49.2 Å². The predicted octanol–water partition coefficient (Wildman–Crippen LogP) is 2.48. The highest BCUT2D eigenvalue weighted by Crippen LogP contribution is 2.32. The van der Waals surface area contributed by atoms with Crippen molar-refractivity contribution in [3.8, 4) is 0 Å². The summed E-state index contributed by atoms with van der Waals surface area (Å²) in [5, 5.41) is 30.1. The van der Waals surface area contributed by atoms with Gasteiger partial charge in [-0.05, 0) is 67.0 Å². The molecule has 2 aromatic carbocycles. The van der Waals surface area contributed by atoms with Crippen LogP contribution in [0.5, 0.6) is 0 Å². The van der Waals surface area contributed by atoms with Crippen molar-refractivity contribution < 1.29 is 19.9 Å². The van der Waals surface area contributed by atoms with Crippen LogP contribution in [0.15, 0.2) is 42.5 Å². The van der Waals surface area contributed by atoms with Crippen LogP contribution >= 0.6 is 0 Å². The molecule has 3 rings (SSSR count). The van der Waals surface area contributed by atoms with Gasteiger partial charge in [0, 0.05) is 6.54 Å². The molecule has 1 aliphatic rings. The van der Waals surface area contributed by atoms with Crippen LogP contribution in [-0.4, -0.2) is 51.8 Å². The van der Waals surface area contributed by atoms with Crippen LogP contribution in [0.3, 0.4) is 0 Å². The van der Waals surface area contributed by atoms with Gasteiger partial charge in [0.05, 0.1) is 0 Å². The number of carbonyl (C=O) groups is 1. The Kier molecular flexibility index (Phi) is 7.30. The molecule has 0 saturated carbocycles. The van der Waals surface area contributed by atoms with E-state index in [1.54, 1.807) is 0 Å². The molecule has 29 heavy (non-hydrogen) atoms. The van der Waals surface area contributed by atoms with Crippen LogP contribution in [0, 0.1) is 5.92 Å². The van der Waals surface area contributed by atoms with Gasteiger partial charge in [-0.3, -0.25) is 9.69 Å². The number of unbranched alkanes of at least 4 members (excludes halogenated alkanes) is 1. The number of nitrogens with two attached hydrogens (primary N) is 1. The quantitative estimate of drug-likeness (QED) is 0.382. The van der Waals surface area contributed by atoms with Crippen LogP contribution in [-0.2, 0) is 11.3 Å². The van der Waals surface area contributed by atoms with Gasteiger partial charge in [0.2, 0.25) is 0 Å². The van der Waals surface area contributed by atoms with E-state index >= 15 is 0 Å². The second kappa shape index (κ2) is 9.72. The fourth-order valence-corrected chi connectivity index (χ4v) is 4.43.